The van der Waals surface area contributed by atoms with Crippen LogP contribution in [0.3, 0.4) is 0 Å². The van der Waals surface area contributed by atoms with E-state index in [2.05, 4.69) is 0 Å². The standard InChI is InChI=1S/C18H10O5/c19-15-13(10-6-2-1-3-7-10)17(20)23-16(15)14-11-8-4-5-9-12(11)22-18(14)21/h1-9,19H/b16-14+. The molecule has 0 amide bonds. The van der Waals surface area contributed by atoms with Crippen LogP contribution in [0.4, 0.5) is 0 Å². The van der Waals surface area contributed by atoms with Crippen LogP contribution >= 0.6 is 0 Å². The lowest BCUT2D eigenvalue weighted by Gasteiger charge is -2.01. The van der Waals surface area contributed by atoms with Crippen molar-refractivity contribution in [1.29, 1.82) is 0 Å². The fourth-order valence-corrected chi connectivity index (χ4v) is 2.67. The first-order valence-corrected chi connectivity index (χ1v) is 6.94. The van der Waals surface area contributed by atoms with Crippen LogP contribution in [0.15, 0.2) is 66.1 Å². The Balaban J connectivity index is 1.93. The van der Waals surface area contributed by atoms with E-state index >= 15 is 0 Å². The quantitative estimate of drug-likeness (QED) is 0.498. The molecule has 0 atom stereocenters. The fraction of sp³-hybridized carbons (Fsp3) is 0. The number of hydrogen-bond donors (Lipinski definition) is 1. The number of hydrogen-bond acceptors (Lipinski definition) is 5. The Kier molecular flexibility index (Phi) is 2.81. The molecule has 0 unspecified atom stereocenters. The summed E-state index contributed by atoms with van der Waals surface area (Å²) < 4.78 is 10.3. The van der Waals surface area contributed by atoms with E-state index in [-0.39, 0.29) is 22.7 Å². The predicted octanol–water partition coefficient (Wildman–Crippen LogP) is 2.84. The summed E-state index contributed by atoms with van der Waals surface area (Å²) in [4.78, 5) is 24.3. The van der Waals surface area contributed by atoms with Gasteiger partial charge in [-0.25, -0.2) is 9.59 Å². The number of rotatable bonds is 1. The molecule has 2 aromatic rings. The van der Waals surface area contributed by atoms with E-state index in [1.165, 1.54) is 0 Å². The van der Waals surface area contributed by atoms with Gasteiger partial charge in [0.05, 0.1) is 0 Å². The molecule has 0 spiro atoms. The number of para-hydroxylation sites is 1. The third-order valence-corrected chi connectivity index (χ3v) is 3.70. The van der Waals surface area contributed by atoms with Gasteiger partial charge < -0.3 is 14.6 Å². The summed E-state index contributed by atoms with van der Waals surface area (Å²) in [6.45, 7) is 0. The monoisotopic (exact) mass is 306 g/mol. The summed E-state index contributed by atoms with van der Waals surface area (Å²) in [6, 6.07) is 15.4. The van der Waals surface area contributed by atoms with E-state index < -0.39 is 11.9 Å². The Morgan fingerprint density at radius 2 is 1.39 bits per heavy atom. The highest BCUT2D eigenvalue weighted by atomic mass is 16.6. The summed E-state index contributed by atoms with van der Waals surface area (Å²) >= 11 is 0. The fourth-order valence-electron chi connectivity index (χ4n) is 2.67. The van der Waals surface area contributed by atoms with Crippen LogP contribution in [0.1, 0.15) is 11.1 Å². The van der Waals surface area contributed by atoms with E-state index in [1.807, 2.05) is 0 Å². The second kappa shape index (κ2) is 4.84. The lowest BCUT2D eigenvalue weighted by atomic mass is 10.0. The highest BCUT2D eigenvalue weighted by molar-refractivity contribution is 6.27. The van der Waals surface area contributed by atoms with Gasteiger partial charge in [-0.15, -0.1) is 0 Å². The zero-order valence-corrected chi connectivity index (χ0v) is 11.8. The molecule has 2 heterocycles. The Hall–Kier alpha value is -3.34. The van der Waals surface area contributed by atoms with Gasteiger partial charge in [-0.3, -0.25) is 0 Å². The summed E-state index contributed by atoms with van der Waals surface area (Å²) in [5.74, 6) is -1.51. The van der Waals surface area contributed by atoms with Gasteiger partial charge in [-0.1, -0.05) is 48.5 Å². The smallest absolute Gasteiger partial charge is 0.348 e. The van der Waals surface area contributed by atoms with E-state index in [4.69, 9.17) is 9.47 Å². The minimum atomic E-state index is -0.701. The van der Waals surface area contributed by atoms with E-state index in [0.717, 1.165) is 0 Å². The van der Waals surface area contributed by atoms with Crippen molar-refractivity contribution >= 4 is 23.1 Å². The molecule has 5 nitrogen and oxygen atoms in total. The molecular weight excluding hydrogens is 296 g/mol. The SMILES string of the molecule is O=C1O/C(=C2/C(=O)Oc3ccccc32)C(O)=C1c1ccccc1. The van der Waals surface area contributed by atoms with Crippen LogP contribution < -0.4 is 4.74 Å². The lowest BCUT2D eigenvalue weighted by Crippen LogP contribution is -2.05. The zero-order valence-electron chi connectivity index (χ0n) is 11.8. The summed E-state index contributed by atoms with van der Waals surface area (Å²) in [5.41, 5.74) is 1.09. The molecule has 0 saturated carbocycles. The van der Waals surface area contributed by atoms with Crippen LogP contribution in [-0.2, 0) is 14.3 Å². The van der Waals surface area contributed by atoms with Gasteiger partial charge in [0.15, 0.2) is 11.5 Å². The first-order valence-electron chi connectivity index (χ1n) is 6.94. The summed E-state index contributed by atoms with van der Waals surface area (Å²) in [7, 11) is 0. The van der Waals surface area contributed by atoms with Crippen molar-refractivity contribution in [2.45, 2.75) is 0 Å². The summed E-state index contributed by atoms with van der Waals surface area (Å²) in [5, 5.41) is 10.4. The molecule has 2 aliphatic heterocycles. The number of benzene rings is 2. The van der Waals surface area contributed by atoms with E-state index in [0.29, 0.717) is 16.9 Å². The normalized spacial score (nSPS) is 19.7. The van der Waals surface area contributed by atoms with Crippen LogP contribution in [0.2, 0.25) is 0 Å². The van der Waals surface area contributed by atoms with Crippen LogP contribution in [0.25, 0.3) is 11.1 Å². The molecule has 0 saturated heterocycles. The number of aliphatic hydroxyl groups is 1. The molecule has 2 aliphatic rings. The Labute approximate surface area is 131 Å². The van der Waals surface area contributed by atoms with Crippen LogP contribution in [0, 0.1) is 0 Å². The summed E-state index contributed by atoms with van der Waals surface area (Å²) in [6.07, 6.45) is 0. The zero-order chi connectivity index (χ0) is 16.0. The molecule has 5 heteroatoms. The van der Waals surface area contributed by atoms with Gasteiger partial charge in [-0.2, -0.15) is 0 Å². The number of aliphatic hydroxyl groups excluding tert-OH is 1. The molecule has 0 fully saturated rings. The van der Waals surface area contributed by atoms with Crippen molar-refractivity contribution in [3.8, 4) is 5.75 Å². The maximum atomic E-state index is 12.1. The average Bonchev–Trinajstić information content (AvgIpc) is 3.03. The van der Waals surface area contributed by atoms with Gasteiger partial charge in [0, 0.05) is 5.56 Å². The number of carbonyl (C=O) groups is 2. The third kappa shape index (κ3) is 1.94. The number of ether oxygens (including phenoxy) is 2. The number of fused-ring (bicyclic) bond motifs is 1. The highest BCUT2D eigenvalue weighted by Crippen LogP contribution is 2.41. The average molecular weight is 306 g/mol. The van der Waals surface area contributed by atoms with E-state index in [1.54, 1.807) is 54.6 Å². The second-order valence-electron chi connectivity index (χ2n) is 5.07. The second-order valence-corrected chi connectivity index (χ2v) is 5.07. The maximum absolute atomic E-state index is 12.1. The van der Waals surface area contributed by atoms with Crippen LogP contribution in [-0.4, -0.2) is 17.0 Å². The van der Waals surface area contributed by atoms with Gasteiger partial charge in [0.1, 0.15) is 16.9 Å². The highest BCUT2D eigenvalue weighted by Gasteiger charge is 2.39. The van der Waals surface area contributed by atoms with Crippen molar-refractivity contribution in [2.24, 2.45) is 0 Å². The topological polar surface area (TPSA) is 72.8 Å². The minimum Gasteiger partial charge on any atom is -0.504 e. The largest absolute Gasteiger partial charge is 0.504 e. The molecule has 2 aromatic carbocycles. The molecule has 0 aromatic heterocycles. The van der Waals surface area contributed by atoms with Gasteiger partial charge in [-0.05, 0) is 11.6 Å². The third-order valence-electron chi connectivity index (χ3n) is 3.70. The minimum absolute atomic E-state index is 0.0327. The molecule has 0 bridgehead atoms. The van der Waals surface area contributed by atoms with Gasteiger partial charge in [0.2, 0.25) is 0 Å². The van der Waals surface area contributed by atoms with Crippen molar-refractivity contribution < 1.29 is 24.2 Å². The Morgan fingerprint density at radius 3 is 2.17 bits per heavy atom. The molecule has 23 heavy (non-hydrogen) atoms. The molecule has 0 radical (unpaired) electrons. The number of cyclic esters (lactones) is 1. The van der Waals surface area contributed by atoms with Crippen molar-refractivity contribution in [1.82, 2.24) is 0 Å². The van der Waals surface area contributed by atoms with Crippen LogP contribution in [0.5, 0.6) is 5.75 Å². The Bertz CT molecular complexity index is 906. The molecule has 4 rings (SSSR count). The molecule has 112 valence electrons. The molecular formula is C18H10O5. The molecule has 0 aliphatic carbocycles. The first-order chi connectivity index (χ1) is 11.2. The van der Waals surface area contributed by atoms with Gasteiger partial charge in [0.25, 0.3) is 0 Å². The van der Waals surface area contributed by atoms with Crippen molar-refractivity contribution in [3.05, 3.63) is 77.2 Å². The molecule has 1 N–H and O–H groups in total. The lowest BCUT2D eigenvalue weighted by molar-refractivity contribution is -0.131. The number of carbonyl (C=O) groups excluding carboxylic acids is 2. The number of esters is 2. The Morgan fingerprint density at radius 1 is 0.739 bits per heavy atom. The van der Waals surface area contributed by atoms with Crippen molar-refractivity contribution in [2.75, 3.05) is 0 Å². The predicted molar refractivity (Wildman–Crippen MR) is 81.1 cm³/mol. The van der Waals surface area contributed by atoms with E-state index in [9.17, 15) is 14.7 Å². The maximum Gasteiger partial charge on any atom is 0.348 e. The van der Waals surface area contributed by atoms with Crippen molar-refractivity contribution in [3.63, 3.8) is 0 Å². The first kappa shape index (κ1) is 13.3. The van der Waals surface area contributed by atoms with Gasteiger partial charge >= 0.3 is 11.9 Å².